The van der Waals surface area contributed by atoms with E-state index in [1.54, 1.807) is 36.5 Å². The largest absolute Gasteiger partial charge is 0.489 e. The van der Waals surface area contributed by atoms with Gasteiger partial charge in [-0.15, -0.1) is 0 Å². The lowest BCUT2D eigenvalue weighted by atomic mass is 10.2. The normalized spacial score (nSPS) is 14.9. The van der Waals surface area contributed by atoms with Crippen molar-refractivity contribution in [1.29, 1.82) is 0 Å². The van der Waals surface area contributed by atoms with E-state index in [1.165, 1.54) is 0 Å². The predicted molar refractivity (Wildman–Crippen MR) is 120 cm³/mol. The second kappa shape index (κ2) is 8.98. The Morgan fingerprint density at radius 2 is 1.87 bits per heavy atom. The zero-order valence-electron chi connectivity index (χ0n) is 15.7. The summed E-state index contributed by atoms with van der Waals surface area (Å²) >= 11 is 6.38. The van der Waals surface area contributed by atoms with E-state index in [0.29, 0.717) is 22.8 Å². The van der Waals surface area contributed by atoms with Gasteiger partial charge < -0.3 is 9.72 Å². The van der Waals surface area contributed by atoms with Crippen molar-refractivity contribution >= 4 is 46.2 Å². The summed E-state index contributed by atoms with van der Waals surface area (Å²) in [7, 11) is 0. The fraction of sp³-hybridized carbons (Fsp3) is 0.0455. The number of rotatable bonds is 6. The number of H-pyrrole nitrogens is 1. The third-order valence-corrected chi connectivity index (χ3v) is 5.58. The maximum absolute atomic E-state index is 12.6. The molecule has 2 amide bonds. The Morgan fingerprint density at radius 3 is 2.57 bits per heavy atom. The second-order valence-corrected chi connectivity index (χ2v) is 8.06. The summed E-state index contributed by atoms with van der Waals surface area (Å²) in [5.41, 5.74) is 4.81. The zero-order valence-corrected chi connectivity index (χ0v) is 17.3. The van der Waals surface area contributed by atoms with Crippen LogP contribution in [0.4, 0.5) is 0 Å². The van der Waals surface area contributed by atoms with Gasteiger partial charge in [-0.2, -0.15) is 5.01 Å². The smallest absolute Gasteiger partial charge is 0.285 e. The van der Waals surface area contributed by atoms with Crippen LogP contribution in [-0.2, 0) is 11.4 Å². The molecule has 2 heterocycles. The van der Waals surface area contributed by atoms with E-state index in [4.69, 9.17) is 17.0 Å². The number of carbonyl (C=O) groups is 2. The molecule has 1 fully saturated rings. The minimum atomic E-state index is -0.429. The number of benzene rings is 2. The standard InChI is InChI=1S/C22H17N3O3S2/c26-20(16-8-10-18(11-9-16)28-14-15-5-2-1-3-6-15)24-25-21(27)19(30-22(25)29)13-17-7-4-12-23-17/h1-13,23H,14H2,(H,24,26)/b19-13+. The monoisotopic (exact) mass is 435 g/mol. The number of aromatic amines is 1. The lowest BCUT2D eigenvalue weighted by Gasteiger charge is -2.15. The fourth-order valence-electron chi connectivity index (χ4n) is 2.75. The van der Waals surface area contributed by atoms with Crippen LogP contribution in [-0.4, -0.2) is 26.1 Å². The number of ether oxygens (including phenoxy) is 1. The molecule has 1 saturated heterocycles. The summed E-state index contributed by atoms with van der Waals surface area (Å²) in [5.74, 6) is -0.146. The molecule has 6 nitrogen and oxygen atoms in total. The van der Waals surface area contributed by atoms with Crippen LogP contribution in [0, 0.1) is 0 Å². The van der Waals surface area contributed by atoms with Gasteiger partial charge in [-0.3, -0.25) is 15.0 Å². The van der Waals surface area contributed by atoms with Crippen molar-refractivity contribution in [3.05, 3.63) is 94.7 Å². The second-order valence-electron chi connectivity index (χ2n) is 6.38. The lowest BCUT2D eigenvalue weighted by Crippen LogP contribution is -2.44. The number of hydrogen-bond donors (Lipinski definition) is 2. The van der Waals surface area contributed by atoms with Gasteiger partial charge in [0.15, 0.2) is 4.32 Å². The Kier molecular flexibility index (Phi) is 5.97. The van der Waals surface area contributed by atoms with E-state index in [9.17, 15) is 9.59 Å². The molecular formula is C22H17N3O3S2. The van der Waals surface area contributed by atoms with E-state index >= 15 is 0 Å². The fourth-order valence-corrected chi connectivity index (χ4v) is 3.92. The summed E-state index contributed by atoms with van der Waals surface area (Å²) < 4.78 is 6.00. The molecule has 2 aromatic carbocycles. The number of nitrogens with zero attached hydrogens (tertiary/aromatic N) is 1. The van der Waals surface area contributed by atoms with Gasteiger partial charge in [-0.25, -0.2) is 0 Å². The highest BCUT2D eigenvalue weighted by molar-refractivity contribution is 8.26. The van der Waals surface area contributed by atoms with Crippen LogP contribution in [0.1, 0.15) is 21.6 Å². The molecule has 8 heteroatoms. The van der Waals surface area contributed by atoms with E-state index in [0.717, 1.165) is 28.0 Å². The molecule has 0 aliphatic carbocycles. The SMILES string of the molecule is O=C(NN1C(=O)/C(=C\c2ccc[nH]2)SC1=S)c1ccc(OCc2ccccc2)cc1. The van der Waals surface area contributed by atoms with Gasteiger partial charge in [-0.1, -0.05) is 42.1 Å². The molecule has 1 aromatic heterocycles. The molecule has 1 aliphatic heterocycles. The summed E-state index contributed by atoms with van der Waals surface area (Å²) in [4.78, 5) is 28.6. The van der Waals surface area contributed by atoms with Crippen molar-refractivity contribution in [2.24, 2.45) is 0 Å². The molecule has 30 heavy (non-hydrogen) atoms. The lowest BCUT2D eigenvalue weighted by molar-refractivity contribution is -0.123. The first kappa shape index (κ1) is 19.9. The number of hydrogen-bond acceptors (Lipinski definition) is 5. The third kappa shape index (κ3) is 4.61. The van der Waals surface area contributed by atoms with E-state index < -0.39 is 5.91 Å². The topological polar surface area (TPSA) is 74.4 Å². The number of amides is 2. The van der Waals surface area contributed by atoms with E-state index in [1.807, 2.05) is 42.5 Å². The Morgan fingerprint density at radius 1 is 1.10 bits per heavy atom. The highest BCUT2D eigenvalue weighted by Crippen LogP contribution is 2.31. The van der Waals surface area contributed by atoms with Crippen LogP contribution in [0.2, 0.25) is 0 Å². The van der Waals surface area contributed by atoms with Gasteiger partial charge in [0.1, 0.15) is 12.4 Å². The predicted octanol–water partition coefficient (Wildman–Crippen LogP) is 4.14. The minimum absolute atomic E-state index is 0.272. The Hall–Kier alpha value is -3.36. The number of carbonyl (C=O) groups excluding carboxylic acids is 2. The highest BCUT2D eigenvalue weighted by atomic mass is 32.2. The minimum Gasteiger partial charge on any atom is -0.489 e. The van der Waals surface area contributed by atoms with Crippen LogP contribution in [0.25, 0.3) is 6.08 Å². The average molecular weight is 436 g/mol. The van der Waals surface area contributed by atoms with E-state index in [2.05, 4.69) is 10.4 Å². The van der Waals surface area contributed by atoms with Crippen molar-refractivity contribution in [3.8, 4) is 5.75 Å². The van der Waals surface area contributed by atoms with Crippen LogP contribution in [0.15, 0.2) is 77.8 Å². The Labute approximate surface area is 182 Å². The summed E-state index contributed by atoms with van der Waals surface area (Å²) in [6.45, 7) is 0.441. The van der Waals surface area contributed by atoms with Crippen LogP contribution >= 0.6 is 24.0 Å². The molecule has 0 radical (unpaired) electrons. The summed E-state index contributed by atoms with van der Waals surface area (Å²) in [6.07, 6.45) is 3.46. The van der Waals surface area contributed by atoms with Gasteiger partial charge in [-0.05, 0) is 60.3 Å². The number of thioether (sulfide) groups is 1. The zero-order chi connectivity index (χ0) is 20.9. The molecule has 2 N–H and O–H groups in total. The molecule has 150 valence electrons. The Balaban J connectivity index is 1.37. The first-order valence-electron chi connectivity index (χ1n) is 9.09. The molecule has 3 aromatic rings. The van der Waals surface area contributed by atoms with Crippen LogP contribution in [0.3, 0.4) is 0 Å². The third-order valence-electron chi connectivity index (χ3n) is 4.28. The first-order chi connectivity index (χ1) is 14.6. The molecule has 4 rings (SSSR count). The number of nitrogens with one attached hydrogen (secondary N) is 2. The van der Waals surface area contributed by atoms with Gasteiger partial charge in [0, 0.05) is 17.5 Å². The van der Waals surface area contributed by atoms with Crippen molar-refractivity contribution < 1.29 is 14.3 Å². The van der Waals surface area contributed by atoms with Crippen molar-refractivity contribution in [2.45, 2.75) is 6.61 Å². The number of hydrazine groups is 1. The molecule has 0 saturated carbocycles. The van der Waals surface area contributed by atoms with E-state index in [-0.39, 0.29) is 10.2 Å². The summed E-state index contributed by atoms with van der Waals surface area (Å²) in [5, 5.41) is 1.09. The molecule has 0 spiro atoms. The van der Waals surface area contributed by atoms with Crippen molar-refractivity contribution in [1.82, 2.24) is 15.4 Å². The quantitative estimate of drug-likeness (QED) is 0.450. The van der Waals surface area contributed by atoms with Gasteiger partial charge >= 0.3 is 0 Å². The molecular weight excluding hydrogens is 418 g/mol. The molecule has 0 bridgehead atoms. The van der Waals surface area contributed by atoms with Gasteiger partial charge in [0.2, 0.25) is 0 Å². The van der Waals surface area contributed by atoms with Gasteiger partial charge in [0.05, 0.1) is 4.91 Å². The first-order valence-corrected chi connectivity index (χ1v) is 10.3. The summed E-state index contributed by atoms with van der Waals surface area (Å²) in [6, 6.07) is 20.2. The highest BCUT2D eigenvalue weighted by Gasteiger charge is 2.33. The maximum atomic E-state index is 12.6. The Bertz CT molecular complexity index is 1090. The maximum Gasteiger partial charge on any atom is 0.285 e. The molecule has 0 atom stereocenters. The van der Waals surface area contributed by atoms with Crippen LogP contribution in [0.5, 0.6) is 5.75 Å². The molecule has 1 aliphatic rings. The van der Waals surface area contributed by atoms with Crippen molar-refractivity contribution in [3.63, 3.8) is 0 Å². The van der Waals surface area contributed by atoms with Gasteiger partial charge in [0.25, 0.3) is 11.8 Å². The molecule has 0 unspecified atom stereocenters. The van der Waals surface area contributed by atoms with Crippen molar-refractivity contribution in [2.75, 3.05) is 0 Å². The average Bonchev–Trinajstić information content (AvgIpc) is 3.37. The van der Waals surface area contributed by atoms with Crippen LogP contribution < -0.4 is 10.2 Å². The number of aromatic nitrogens is 1. The number of thiocarbonyl (C=S) groups is 1.